The number of hydrogen-bond donors (Lipinski definition) is 1. The second kappa shape index (κ2) is 8.56. The van der Waals surface area contributed by atoms with E-state index >= 15 is 0 Å². The average Bonchev–Trinajstić information content (AvgIpc) is 3.09. The Bertz CT molecular complexity index is 696. The summed E-state index contributed by atoms with van der Waals surface area (Å²) in [7, 11) is 4.07. The molecule has 0 aliphatic carbocycles. The Morgan fingerprint density at radius 2 is 2.04 bits per heavy atom. The third kappa shape index (κ3) is 5.11. The fraction of sp³-hybridized carbons (Fsp3) is 0.429. The highest BCUT2D eigenvalue weighted by molar-refractivity contribution is 5.65. The Labute approximate surface area is 149 Å². The largest absolute Gasteiger partial charge is 0.377 e. The zero-order chi connectivity index (χ0) is 17.6. The summed E-state index contributed by atoms with van der Waals surface area (Å²) >= 11 is 0. The SMILES string of the molecule is CN(C)Cc1cccc(-c2cc(CNCC3CCCO3)ccc2F)c1. The third-order valence-corrected chi connectivity index (χ3v) is 4.49. The Kier molecular flexibility index (Phi) is 6.19. The minimum atomic E-state index is -0.176. The van der Waals surface area contributed by atoms with E-state index in [-0.39, 0.29) is 5.82 Å². The number of ether oxygens (including phenoxy) is 1. The van der Waals surface area contributed by atoms with Crippen molar-refractivity contribution in [3.63, 3.8) is 0 Å². The van der Waals surface area contributed by atoms with Gasteiger partial charge in [0.2, 0.25) is 0 Å². The summed E-state index contributed by atoms with van der Waals surface area (Å²) in [5, 5.41) is 3.43. The maximum absolute atomic E-state index is 14.4. The van der Waals surface area contributed by atoms with Gasteiger partial charge in [-0.3, -0.25) is 0 Å². The maximum atomic E-state index is 14.4. The highest BCUT2D eigenvalue weighted by Gasteiger charge is 2.14. The van der Waals surface area contributed by atoms with Gasteiger partial charge < -0.3 is 15.0 Å². The molecule has 0 bridgehead atoms. The highest BCUT2D eigenvalue weighted by atomic mass is 19.1. The molecule has 134 valence electrons. The molecule has 25 heavy (non-hydrogen) atoms. The third-order valence-electron chi connectivity index (χ3n) is 4.49. The molecule has 0 aromatic heterocycles. The van der Waals surface area contributed by atoms with E-state index in [0.29, 0.717) is 11.7 Å². The van der Waals surface area contributed by atoms with Crippen LogP contribution in [0.15, 0.2) is 42.5 Å². The fourth-order valence-corrected chi connectivity index (χ4v) is 3.29. The molecule has 4 heteroatoms. The Balaban J connectivity index is 1.70. The summed E-state index contributed by atoms with van der Waals surface area (Å²) in [5.41, 5.74) is 3.87. The van der Waals surface area contributed by atoms with Crippen LogP contribution in [0.3, 0.4) is 0 Å². The van der Waals surface area contributed by atoms with Crippen LogP contribution in [0.2, 0.25) is 0 Å². The van der Waals surface area contributed by atoms with Crippen molar-refractivity contribution in [3.05, 3.63) is 59.4 Å². The number of nitrogens with one attached hydrogen (secondary N) is 1. The molecule has 0 spiro atoms. The monoisotopic (exact) mass is 342 g/mol. The van der Waals surface area contributed by atoms with Crippen LogP contribution in [-0.2, 0) is 17.8 Å². The number of nitrogens with zero attached hydrogens (tertiary/aromatic N) is 1. The zero-order valence-corrected chi connectivity index (χ0v) is 15.1. The molecule has 0 radical (unpaired) electrons. The van der Waals surface area contributed by atoms with E-state index in [9.17, 15) is 4.39 Å². The van der Waals surface area contributed by atoms with E-state index in [0.717, 1.165) is 50.2 Å². The van der Waals surface area contributed by atoms with Crippen molar-refractivity contribution in [1.29, 1.82) is 0 Å². The Hall–Kier alpha value is -1.75. The predicted octanol–water partition coefficient (Wildman–Crippen LogP) is 3.82. The number of rotatable bonds is 7. The summed E-state index contributed by atoms with van der Waals surface area (Å²) in [6.45, 7) is 3.30. The highest BCUT2D eigenvalue weighted by Crippen LogP contribution is 2.25. The molecular weight excluding hydrogens is 315 g/mol. The first-order valence-corrected chi connectivity index (χ1v) is 8.96. The summed E-state index contributed by atoms with van der Waals surface area (Å²) in [6.07, 6.45) is 2.60. The number of hydrogen-bond acceptors (Lipinski definition) is 3. The molecule has 0 amide bonds. The average molecular weight is 342 g/mol. The first-order valence-electron chi connectivity index (χ1n) is 8.96. The summed E-state index contributed by atoms with van der Waals surface area (Å²) in [4.78, 5) is 2.11. The number of benzene rings is 2. The molecule has 2 aromatic rings. The summed E-state index contributed by atoms with van der Waals surface area (Å²) < 4.78 is 20.0. The van der Waals surface area contributed by atoms with Gasteiger partial charge in [0.05, 0.1) is 6.10 Å². The standard InChI is InChI=1S/C21H27FN2O/c1-24(2)15-17-5-3-6-18(11-17)20-12-16(8-9-21(20)22)13-23-14-19-7-4-10-25-19/h3,5-6,8-9,11-12,19,23H,4,7,10,13-15H2,1-2H3. The molecule has 1 heterocycles. The van der Waals surface area contributed by atoms with E-state index in [1.807, 2.05) is 38.4 Å². The van der Waals surface area contributed by atoms with Crippen LogP contribution in [0.4, 0.5) is 4.39 Å². The molecule has 1 aliphatic heterocycles. The van der Waals surface area contributed by atoms with Crippen molar-refractivity contribution >= 4 is 0 Å². The van der Waals surface area contributed by atoms with Crippen LogP contribution in [0.1, 0.15) is 24.0 Å². The molecule has 1 N–H and O–H groups in total. The molecule has 1 unspecified atom stereocenters. The van der Waals surface area contributed by atoms with Crippen LogP contribution in [-0.4, -0.2) is 38.3 Å². The Morgan fingerprint density at radius 3 is 2.80 bits per heavy atom. The maximum Gasteiger partial charge on any atom is 0.131 e. The predicted molar refractivity (Wildman–Crippen MR) is 99.9 cm³/mol. The van der Waals surface area contributed by atoms with Crippen molar-refractivity contribution in [1.82, 2.24) is 10.2 Å². The summed E-state index contributed by atoms with van der Waals surface area (Å²) in [5.74, 6) is -0.176. The van der Waals surface area contributed by atoms with Crippen molar-refractivity contribution in [3.8, 4) is 11.1 Å². The first kappa shape index (κ1) is 18.1. The van der Waals surface area contributed by atoms with E-state index in [1.54, 1.807) is 6.07 Å². The van der Waals surface area contributed by atoms with E-state index in [1.165, 1.54) is 5.56 Å². The van der Waals surface area contributed by atoms with Crippen molar-refractivity contribution in [2.75, 3.05) is 27.2 Å². The molecule has 1 saturated heterocycles. The molecule has 3 rings (SSSR count). The molecule has 1 fully saturated rings. The molecule has 2 aromatic carbocycles. The summed E-state index contributed by atoms with van der Waals surface area (Å²) in [6, 6.07) is 13.5. The molecule has 1 atom stereocenters. The van der Waals surface area contributed by atoms with Crippen LogP contribution >= 0.6 is 0 Å². The topological polar surface area (TPSA) is 24.5 Å². The lowest BCUT2D eigenvalue weighted by atomic mass is 10.00. The smallest absolute Gasteiger partial charge is 0.131 e. The van der Waals surface area contributed by atoms with Gasteiger partial charge in [-0.2, -0.15) is 0 Å². The molecule has 1 aliphatic rings. The quantitative estimate of drug-likeness (QED) is 0.828. The van der Waals surface area contributed by atoms with Gasteiger partial charge in [0.25, 0.3) is 0 Å². The molecule has 0 saturated carbocycles. The van der Waals surface area contributed by atoms with Gasteiger partial charge in [0.1, 0.15) is 5.82 Å². The van der Waals surface area contributed by atoms with Crippen LogP contribution in [0, 0.1) is 5.82 Å². The van der Waals surface area contributed by atoms with Crippen LogP contribution in [0.5, 0.6) is 0 Å². The van der Waals surface area contributed by atoms with Gasteiger partial charge in [0, 0.05) is 31.8 Å². The van der Waals surface area contributed by atoms with Crippen molar-refractivity contribution < 1.29 is 9.13 Å². The van der Waals surface area contributed by atoms with E-state index in [2.05, 4.69) is 22.3 Å². The van der Waals surface area contributed by atoms with Crippen molar-refractivity contribution in [2.45, 2.75) is 32.0 Å². The van der Waals surface area contributed by atoms with Gasteiger partial charge >= 0.3 is 0 Å². The van der Waals surface area contributed by atoms with Crippen molar-refractivity contribution in [2.24, 2.45) is 0 Å². The normalized spacial score (nSPS) is 17.4. The second-order valence-corrected chi connectivity index (χ2v) is 7.02. The molecule has 3 nitrogen and oxygen atoms in total. The minimum absolute atomic E-state index is 0.176. The van der Waals surface area contributed by atoms with Gasteiger partial charge in [-0.15, -0.1) is 0 Å². The molecular formula is C21H27FN2O. The van der Waals surface area contributed by atoms with Gasteiger partial charge in [-0.1, -0.05) is 24.3 Å². The fourth-order valence-electron chi connectivity index (χ4n) is 3.29. The Morgan fingerprint density at radius 1 is 1.16 bits per heavy atom. The van der Waals surface area contributed by atoms with Gasteiger partial charge in [-0.25, -0.2) is 4.39 Å². The lowest BCUT2D eigenvalue weighted by molar-refractivity contribution is 0.110. The van der Waals surface area contributed by atoms with Crippen LogP contribution < -0.4 is 5.32 Å². The van der Waals surface area contributed by atoms with E-state index < -0.39 is 0 Å². The van der Waals surface area contributed by atoms with Gasteiger partial charge in [0.15, 0.2) is 0 Å². The van der Waals surface area contributed by atoms with Gasteiger partial charge in [-0.05, 0) is 61.8 Å². The van der Waals surface area contributed by atoms with E-state index in [4.69, 9.17) is 4.74 Å². The lowest BCUT2D eigenvalue weighted by Gasteiger charge is -2.13. The first-order chi connectivity index (χ1) is 12.1. The number of halogens is 1. The zero-order valence-electron chi connectivity index (χ0n) is 15.1. The minimum Gasteiger partial charge on any atom is -0.377 e. The lowest BCUT2D eigenvalue weighted by Crippen LogP contribution is -2.25. The second-order valence-electron chi connectivity index (χ2n) is 7.02. The van der Waals surface area contributed by atoms with Crippen LogP contribution in [0.25, 0.3) is 11.1 Å².